The second-order valence-electron chi connectivity index (χ2n) is 4.75. The fourth-order valence-corrected chi connectivity index (χ4v) is 2.90. The van der Waals surface area contributed by atoms with Crippen molar-refractivity contribution in [3.63, 3.8) is 0 Å². The van der Waals surface area contributed by atoms with Crippen molar-refractivity contribution in [2.45, 2.75) is 25.2 Å². The maximum atomic E-state index is 2.26. The smallest absolute Gasteiger partial charge is 0.0124 e. The predicted octanol–water partition coefficient (Wildman–Crippen LogP) is 4.58. The van der Waals surface area contributed by atoms with Gasteiger partial charge in [0.15, 0.2) is 0 Å². The molecule has 0 nitrogen and oxygen atoms in total. The molecule has 1 aliphatic carbocycles. The molecule has 1 atom stereocenters. The summed E-state index contributed by atoms with van der Waals surface area (Å²) in [7, 11) is 0. The topological polar surface area (TPSA) is 0 Å². The summed E-state index contributed by atoms with van der Waals surface area (Å²) in [5, 5.41) is 0. The molecule has 1 fully saturated rings. The van der Waals surface area contributed by atoms with E-state index in [-0.39, 0.29) is 0 Å². The summed E-state index contributed by atoms with van der Waals surface area (Å²) in [6.07, 6.45) is 3.88. The first-order valence-corrected chi connectivity index (χ1v) is 6.41. The average Bonchev–Trinajstić information content (AvgIpc) is 2.90. The highest BCUT2D eigenvalue weighted by Crippen LogP contribution is 2.44. The van der Waals surface area contributed by atoms with Crippen molar-refractivity contribution in [2.75, 3.05) is 0 Å². The van der Waals surface area contributed by atoms with E-state index in [9.17, 15) is 0 Å². The van der Waals surface area contributed by atoms with Crippen LogP contribution in [0.1, 0.15) is 36.3 Å². The molecular weight excluding hydrogens is 204 g/mol. The lowest BCUT2D eigenvalue weighted by molar-refractivity contribution is 0.765. The summed E-state index contributed by atoms with van der Waals surface area (Å²) < 4.78 is 0. The Hall–Kier alpha value is -1.56. The van der Waals surface area contributed by atoms with Crippen LogP contribution in [0.5, 0.6) is 0 Å². The summed E-state index contributed by atoms with van der Waals surface area (Å²) in [5.41, 5.74) is 2.91. The molecule has 0 spiro atoms. The summed E-state index contributed by atoms with van der Waals surface area (Å²) >= 11 is 0. The number of benzene rings is 2. The molecule has 17 heavy (non-hydrogen) atoms. The third-order valence-electron chi connectivity index (χ3n) is 3.71. The van der Waals surface area contributed by atoms with Gasteiger partial charge in [-0.05, 0) is 29.9 Å². The van der Waals surface area contributed by atoms with Gasteiger partial charge in [-0.3, -0.25) is 0 Å². The van der Waals surface area contributed by atoms with Gasteiger partial charge in [-0.15, -0.1) is 0 Å². The van der Waals surface area contributed by atoms with E-state index >= 15 is 0 Å². The molecule has 1 radical (unpaired) electrons. The van der Waals surface area contributed by atoms with E-state index in [2.05, 4.69) is 60.7 Å². The molecule has 1 unspecified atom stereocenters. The Morgan fingerprint density at radius 1 is 0.765 bits per heavy atom. The maximum Gasteiger partial charge on any atom is 0.0124 e. The number of hydrogen-bond donors (Lipinski definition) is 0. The normalized spacial score (nSPS) is 20.6. The second kappa shape index (κ2) is 4.75. The van der Waals surface area contributed by atoms with E-state index < -0.39 is 0 Å². The van der Waals surface area contributed by atoms with Crippen molar-refractivity contribution in [2.24, 2.45) is 0 Å². The zero-order valence-electron chi connectivity index (χ0n) is 9.97. The van der Waals surface area contributed by atoms with E-state index in [1.54, 1.807) is 5.92 Å². The van der Waals surface area contributed by atoms with E-state index in [0.29, 0.717) is 5.92 Å². The van der Waals surface area contributed by atoms with Gasteiger partial charge in [0.05, 0.1) is 0 Å². The molecule has 1 aliphatic rings. The van der Waals surface area contributed by atoms with Gasteiger partial charge in [0.25, 0.3) is 0 Å². The molecule has 0 aromatic heterocycles. The molecule has 3 rings (SSSR count). The molecule has 0 N–H and O–H groups in total. The minimum atomic E-state index is 0.638. The highest BCUT2D eigenvalue weighted by atomic mass is 14.3. The molecular formula is C17H17. The fourth-order valence-electron chi connectivity index (χ4n) is 2.90. The van der Waals surface area contributed by atoms with E-state index in [4.69, 9.17) is 0 Å². The summed E-state index contributed by atoms with van der Waals surface area (Å²) in [6.45, 7) is 0. The van der Waals surface area contributed by atoms with Crippen LogP contribution in [0.2, 0.25) is 0 Å². The monoisotopic (exact) mass is 221 g/mol. The molecule has 0 aliphatic heterocycles. The van der Waals surface area contributed by atoms with Crippen LogP contribution in [0, 0.1) is 5.92 Å². The number of hydrogen-bond acceptors (Lipinski definition) is 0. The Morgan fingerprint density at radius 2 is 1.41 bits per heavy atom. The van der Waals surface area contributed by atoms with Crippen molar-refractivity contribution >= 4 is 0 Å². The van der Waals surface area contributed by atoms with Crippen LogP contribution in [0.4, 0.5) is 0 Å². The van der Waals surface area contributed by atoms with Gasteiger partial charge in [-0.1, -0.05) is 67.1 Å². The van der Waals surface area contributed by atoms with Crippen molar-refractivity contribution in [3.8, 4) is 0 Å². The lowest BCUT2D eigenvalue weighted by Gasteiger charge is -2.19. The molecule has 0 saturated heterocycles. The van der Waals surface area contributed by atoms with Gasteiger partial charge in [0.2, 0.25) is 0 Å². The summed E-state index contributed by atoms with van der Waals surface area (Å²) in [5.74, 6) is 2.26. The first kappa shape index (κ1) is 10.6. The van der Waals surface area contributed by atoms with Crippen molar-refractivity contribution < 1.29 is 0 Å². The Morgan fingerprint density at radius 3 is 2.12 bits per heavy atom. The van der Waals surface area contributed by atoms with Gasteiger partial charge in [-0.25, -0.2) is 0 Å². The SMILES string of the molecule is c1ccc([C]2CCCC2c2ccccc2)cc1. The van der Waals surface area contributed by atoms with Gasteiger partial charge in [-0.2, -0.15) is 0 Å². The van der Waals surface area contributed by atoms with Crippen LogP contribution in [0.3, 0.4) is 0 Å². The Labute approximate surface area is 103 Å². The van der Waals surface area contributed by atoms with Gasteiger partial charge in [0.1, 0.15) is 0 Å². The van der Waals surface area contributed by atoms with Crippen LogP contribution < -0.4 is 0 Å². The number of rotatable bonds is 2. The van der Waals surface area contributed by atoms with Crippen LogP contribution in [0.15, 0.2) is 60.7 Å². The van der Waals surface area contributed by atoms with Crippen LogP contribution in [0.25, 0.3) is 0 Å². The largest absolute Gasteiger partial charge is 0.0622 e. The van der Waals surface area contributed by atoms with Crippen molar-refractivity contribution in [1.29, 1.82) is 0 Å². The predicted molar refractivity (Wildman–Crippen MR) is 71.8 cm³/mol. The van der Waals surface area contributed by atoms with Crippen molar-refractivity contribution in [3.05, 3.63) is 77.7 Å². The molecule has 0 heteroatoms. The van der Waals surface area contributed by atoms with Gasteiger partial charge < -0.3 is 0 Å². The first-order chi connectivity index (χ1) is 8.45. The standard InChI is InChI=1S/C17H17/c1-3-8-14(9-4-1)16-12-7-13-17(16)15-10-5-2-6-11-15/h1-6,8-11,16H,7,12-13H2. The van der Waals surface area contributed by atoms with Crippen LogP contribution >= 0.6 is 0 Å². The Bertz CT molecular complexity index is 412. The highest BCUT2D eigenvalue weighted by Gasteiger charge is 2.29. The lowest BCUT2D eigenvalue weighted by Crippen LogP contribution is -2.05. The van der Waals surface area contributed by atoms with Crippen LogP contribution in [-0.4, -0.2) is 0 Å². The molecule has 2 aromatic carbocycles. The summed E-state index contributed by atoms with van der Waals surface area (Å²) in [6, 6.07) is 21.8. The molecule has 0 heterocycles. The molecule has 0 bridgehead atoms. The lowest BCUT2D eigenvalue weighted by atomic mass is 9.84. The average molecular weight is 221 g/mol. The minimum Gasteiger partial charge on any atom is -0.0622 e. The minimum absolute atomic E-state index is 0.638. The Kier molecular flexibility index (Phi) is 2.96. The zero-order chi connectivity index (χ0) is 11.5. The zero-order valence-corrected chi connectivity index (χ0v) is 9.97. The Balaban J connectivity index is 1.91. The molecule has 85 valence electrons. The fraction of sp³-hybridized carbons (Fsp3) is 0.235. The molecule has 0 amide bonds. The molecule has 2 aromatic rings. The van der Waals surface area contributed by atoms with E-state index in [1.807, 2.05) is 0 Å². The third kappa shape index (κ3) is 2.12. The quantitative estimate of drug-likeness (QED) is 0.696. The van der Waals surface area contributed by atoms with E-state index in [0.717, 1.165) is 0 Å². The van der Waals surface area contributed by atoms with Crippen LogP contribution in [-0.2, 0) is 0 Å². The first-order valence-electron chi connectivity index (χ1n) is 6.41. The highest BCUT2D eigenvalue weighted by molar-refractivity contribution is 5.40. The third-order valence-corrected chi connectivity index (χ3v) is 3.71. The van der Waals surface area contributed by atoms with E-state index in [1.165, 1.54) is 30.4 Å². The van der Waals surface area contributed by atoms with Gasteiger partial charge >= 0.3 is 0 Å². The summed E-state index contributed by atoms with van der Waals surface area (Å²) in [4.78, 5) is 0. The maximum absolute atomic E-state index is 2.26. The second-order valence-corrected chi connectivity index (χ2v) is 4.75. The molecule has 1 saturated carbocycles. The van der Waals surface area contributed by atoms with Gasteiger partial charge in [0, 0.05) is 5.92 Å². The van der Waals surface area contributed by atoms with Crippen molar-refractivity contribution in [1.82, 2.24) is 0 Å².